The van der Waals surface area contributed by atoms with Gasteiger partial charge in [-0.05, 0) is 25.0 Å². The van der Waals surface area contributed by atoms with Gasteiger partial charge in [0.2, 0.25) is 5.91 Å². The number of aromatic nitrogens is 1. The zero-order valence-electron chi connectivity index (χ0n) is 10.3. The summed E-state index contributed by atoms with van der Waals surface area (Å²) in [5, 5.41) is 5.66. The molecule has 1 heterocycles. The number of halogens is 1. The Morgan fingerprint density at radius 1 is 1.42 bits per heavy atom. The molecule has 7 heteroatoms. The fraction of sp³-hybridized carbons (Fsp3) is 0.417. The third kappa shape index (κ3) is 4.10. The van der Waals surface area contributed by atoms with Gasteiger partial charge in [0.15, 0.2) is 0 Å². The van der Waals surface area contributed by atoms with Crippen LogP contribution in [0.3, 0.4) is 0 Å². The number of carbonyl (C=O) groups excluding carboxylic acids is 2. The molecule has 1 saturated carbocycles. The van der Waals surface area contributed by atoms with Crippen molar-refractivity contribution in [2.45, 2.75) is 25.3 Å². The molecule has 0 unspecified atom stereocenters. The SMILES string of the molecule is Nc1ccc(Cl)c(C(=O)NCCC(=O)NC2CC2)n1. The Labute approximate surface area is 115 Å². The molecule has 0 aliphatic heterocycles. The lowest BCUT2D eigenvalue weighted by Gasteiger charge is -2.07. The number of anilines is 1. The van der Waals surface area contributed by atoms with E-state index in [2.05, 4.69) is 15.6 Å². The molecule has 1 fully saturated rings. The van der Waals surface area contributed by atoms with Crippen molar-refractivity contribution in [2.24, 2.45) is 0 Å². The second kappa shape index (κ2) is 5.88. The maximum atomic E-state index is 11.8. The van der Waals surface area contributed by atoms with Crippen molar-refractivity contribution in [3.63, 3.8) is 0 Å². The summed E-state index contributed by atoms with van der Waals surface area (Å²) in [7, 11) is 0. The smallest absolute Gasteiger partial charge is 0.271 e. The molecule has 4 N–H and O–H groups in total. The number of hydrogen-bond acceptors (Lipinski definition) is 4. The van der Waals surface area contributed by atoms with Crippen molar-refractivity contribution < 1.29 is 9.59 Å². The summed E-state index contributed by atoms with van der Waals surface area (Å²) >= 11 is 5.85. The van der Waals surface area contributed by atoms with Crippen LogP contribution in [0.25, 0.3) is 0 Å². The third-order valence-corrected chi connectivity index (χ3v) is 2.97. The normalized spacial score (nSPS) is 13.9. The molecular formula is C12H15ClN4O2. The molecule has 102 valence electrons. The van der Waals surface area contributed by atoms with Gasteiger partial charge in [-0.1, -0.05) is 11.6 Å². The Kier molecular flexibility index (Phi) is 4.21. The molecule has 1 aliphatic carbocycles. The monoisotopic (exact) mass is 282 g/mol. The molecule has 1 aliphatic rings. The van der Waals surface area contributed by atoms with E-state index in [0.29, 0.717) is 6.04 Å². The van der Waals surface area contributed by atoms with Gasteiger partial charge in [0.05, 0.1) is 5.02 Å². The predicted molar refractivity (Wildman–Crippen MR) is 71.8 cm³/mol. The molecule has 1 aromatic rings. The van der Waals surface area contributed by atoms with Crippen LogP contribution in [-0.4, -0.2) is 29.4 Å². The van der Waals surface area contributed by atoms with Crippen LogP contribution in [0.1, 0.15) is 29.8 Å². The molecule has 6 nitrogen and oxygen atoms in total. The van der Waals surface area contributed by atoms with Crippen molar-refractivity contribution >= 4 is 29.2 Å². The minimum absolute atomic E-state index is 0.0607. The number of carbonyl (C=O) groups is 2. The van der Waals surface area contributed by atoms with Crippen molar-refractivity contribution in [1.29, 1.82) is 0 Å². The lowest BCUT2D eigenvalue weighted by molar-refractivity contribution is -0.121. The molecule has 2 amide bonds. The number of nitrogens with zero attached hydrogens (tertiary/aromatic N) is 1. The Balaban J connectivity index is 1.80. The van der Waals surface area contributed by atoms with Gasteiger partial charge in [0, 0.05) is 19.0 Å². The van der Waals surface area contributed by atoms with Crippen LogP contribution >= 0.6 is 11.6 Å². The van der Waals surface area contributed by atoms with Crippen LogP contribution in [0.5, 0.6) is 0 Å². The van der Waals surface area contributed by atoms with E-state index in [-0.39, 0.29) is 35.4 Å². The molecule has 1 aromatic heterocycles. The van der Waals surface area contributed by atoms with Crippen LogP contribution in [-0.2, 0) is 4.79 Å². The lowest BCUT2D eigenvalue weighted by atomic mass is 10.3. The Morgan fingerprint density at radius 3 is 2.84 bits per heavy atom. The number of rotatable bonds is 5. The quantitative estimate of drug-likeness (QED) is 0.741. The maximum absolute atomic E-state index is 11.8. The molecule has 0 saturated heterocycles. The van der Waals surface area contributed by atoms with E-state index in [1.54, 1.807) is 0 Å². The summed E-state index contributed by atoms with van der Waals surface area (Å²) in [6.07, 6.45) is 2.32. The van der Waals surface area contributed by atoms with E-state index in [9.17, 15) is 9.59 Å². The Morgan fingerprint density at radius 2 is 2.16 bits per heavy atom. The first-order valence-corrected chi connectivity index (χ1v) is 6.43. The number of nitrogen functional groups attached to an aromatic ring is 1. The third-order valence-electron chi connectivity index (χ3n) is 2.66. The molecule has 19 heavy (non-hydrogen) atoms. The summed E-state index contributed by atoms with van der Waals surface area (Å²) in [4.78, 5) is 27.1. The van der Waals surface area contributed by atoms with Crippen molar-refractivity contribution in [2.75, 3.05) is 12.3 Å². The first-order valence-electron chi connectivity index (χ1n) is 6.06. The van der Waals surface area contributed by atoms with Gasteiger partial charge >= 0.3 is 0 Å². The second-order valence-corrected chi connectivity index (χ2v) is 4.82. The molecule has 0 spiro atoms. The highest BCUT2D eigenvalue weighted by atomic mass is 35.5. The zero-order chi connectivity index (χ0) is 13.8. The van der Waals surface area contributed by atoms with Crippen LogP contribution in [0.15, 0.2) is 12.1 Å². The molecule has 0 radical (unpaired) electrons. The fourth-order valence-electron chi connectivity index (χ4n) is 1.52. The van der Waals surface area contributed by atoms with Gasteiger partial charge in [0.1, 0.15) is 11.5 Å². The van der Waals surface area contributed by atoms with Gasteiger partial charge in [-0.25, -0.2) is 4.98 Å². The molecule has 0 atom stereocenters. The number of nitrogens with two attached hydrogens (primary N) is 1. The first-order chi connectivity index (χ1) is 9.06. The maximum Gasteiger partial charge on any atom is 0.271 e. The van der Waals surface area contributed by atoms with Crippen LogP contribution in [0.2, 0.25) is 5.02 Å². The minimum atomic E-state index is -0.434. The van der Waals surface area contributed by atoms with Gasteiger partial charge in [-0.15, -0.1) is 0 Å². The summed E-state index contributed by atoms with van der Waals surface area (Å²) in [6.45, 7) is 0.240. The van der Waals surface area contributed by atoms with E-state index in [0.717, 1.165) is 12.8 Å². The number of hydrogen-bond donors (Lipinski definition) is 3. The van der Waals surface area contributed by atoms with Crippen LogP contribution < -0.4 is 16.4 Å². The van der Waals surface area contributed by atoms with E-state index in [1.807, 2.05) is 0 Å². The number of nitrogens with one attached hydrogen (secondary N) is 2. The highest BCUT2D eigenvalue weighted by Crippen LogP contribution is 2.18. The van der Waals surface area contributed by atoms with Gasteiger partial charge < -0.3 is 16.4 Å². The van der Waals surface area contributed by atoms with Crippen molar-refractivity contribution in [3.05, 3.63) is 22.8 Å². The average Bonchev–Trinajstić information content (AvgIpc) is 3.16. The van der Waals surface area contributed by atoms with Crippen LogP contribution in [0, 0.1) is 0 Å². The summed E-state index contributed by atoms with van der Waals surface area (Å²) in [5.41, 5.74) is 5.56. The van der Waals surface area contributed by atoms with Gasteiger partial charge in [-0.3, -0.25) is 9.59 Å². The predicted octanol–water partition coefficient (Wildman–Crippen LogP) is 0.716. The standard InChI is InChI=1S/C12H15ClN4O2/c13-8-3-4-9(14)17-11(8)12(19)15-6-5-10(18)16-7-1-2-7/h3-4,7H,1-2,5-6H2,(H2,14,17)(H,15,19)(H,16,18). The largest absolute Gasteiger partial charge is 0.384 e. The van der Waals surface area contributed by atoms with E-state index >= 15 is 0 Å². The summed E-state index contributed by atoms with van der Waals surface area (Å²) < 4.78 is 0. The lowest BCUT2D eigenvalue weighted by Crippen LogP contribution is -2.32. The highest BCUT2D eigenvalue weighted by Gasteiger charge is 2.23. The van der Waals surface area contributed by atoms with Crippen LogP contribution in [0.4, 0.5) is 5.82 Å². The Hall–Kier alpha value is -1.82. The minimum Gasteiger partial charge on any atom is -0.384 e. The van der Waals surface area contributed by atoms with Gasteiger partial charge in [0.25, 0.3) is 5.91 Å². The number of amides is 2. The molecule has 2 rings (SSSR count). The summed E-state index contributed by atoms with van der Waals surface area (Å²) in [5.74, 6) is -0.271. The zero-order valence-corrected chi connectivity index (χ0v) is 11.0. The molecule has 0 aromatic carbocycles. The molecular weight excluding hydrogens is 268 g/mol. The molecule has 0 bridgehead atoms. The van der Waals surface area contributed by atoms with Gasteiger partial charge in [-0.2, -0.15) is 0 Å². The highest BCUT2D eigenvalue weighted by molar-refractivity contribution is 6.33. The fourth-order valence-corrected chi connectivity index (χ4v) is 1.71. The topological polar surface area (TPSA) is 97.1 Å². The van der Waals surface area contributed by atoms with Crippen molar-refractivity contribution in [3.8, 4) is 0 Å². The van der Waals surface area contributed by atoms with E-state index in [1.165, 1.54) is 12.1 Å². The van der Waals surface area contributed by atoms with E-state index in [4.69, 9.17) is 17.3 Å². The summed E-state index contributed by atoms with van der Waals surface area (Å²) in [6, 6.07) is 3.36. The van der Waals surface area contributed by atoms with E-state index < -0.39 is 5.91 Å². The number of pyridine rings is 1. The Bertz CT molecular complexity index is 503. The average molecular weight is 283 g/mol. The second-order valence-electron chi connectivity index (χ2n) is 4.41. The first kappa shape index (κ1) is 13.6. The van der Waals surface area contributed by atoms with Crippen molar-refractivity contribution in [1.82, 2.24) is 15.6 Å².